The number of aromatic nitrogens is 4. The Morgan fingerprint density at radius 3 is 2.81 bits per heavy atom. The maximum Gasteiger partial charge on any atom is 0.244 e. The molecule has 2 heterocycles. The van der Waals surface area contributed by atoms with Gasteiger partial charge in [-0.05, 0) is 26.0 Å². The second-order valence-electron chi connectivity index (χ2n) is 4.97. The van der Waals surface area contributed by atoms with E-state index in [1.54, 1.807) is 12.4 Å². The van der Waals surface area contributed by atoms with Gasteiger partial charge in [-0.1, -0.05) is 18.2 Å². The number of hydrogen-bond acceptors (Lipinski definition) is 6. The zero-order valence-electron chi connectivity index (χ0n) is 11.9. The molecule has 21 heavy (non-hydrogen) atoms. The van der Waals surface area contributed by atoms with Gasteiger partial charge in [0.25, 0.3) is 0 Å². The Bertz CT molecular complexity index is 750. The van der Waals surface area contributed by atoms with Crippen molar-refractivity contribution < 1.29 is 0 Å². The van der Waals surface area contributed by atoms with Crippen LogP contribution >= 0.6 is 0 Å². The van der Waals surface area contributed by atoms with Crippen LogP contribution in [0, 0.1) is 0 Å². The number of para-hydroxylation sites is 1. The van der Waals surface area contributed by atoms with Crippen LogP contribution in [0.4, 0.5) is 17.5 Å². The summed E-state index contributed by atoms with van der Waals surface area (Å²) >= 11 is 0. The lowest BCUT2D eigenvalue weighted by Crippen LogP contribution is -2.13. The largest absolute Gasteiger partial charge is 0.351 e. The van der Waals surface area contributed by atoms with Crippen molar-refractivity contribution in [2.24, 2.45) is 0 Å². The summed E-state index contributed by atoms with van der Waals surface area (Å²) in [5.41, 5.74) is 1.79. The average Bonchev–Trinajstić information content (AvgIpc) is 2.47. The number of anilines is 3. The normalized spacial score (nSPS) is 10.8. The molecule has 0 amide bonds. The maximum absolute atomic E-state index is 4.41. The molecular formula is C15H16N6. The lowest BCUT2D eigenvalue weighted by Gasteiger charge is -2.10. The number of fused-ring (bicyclic) bond motifs is 1. The molecule has 3 aromatic rings. The van der Waals surface area contributed by atoms with Gasteiger partial charge >= 0.3 is 0 Å². The first-order chi connectivity index (χ1) is 10.2. The van der Waals surface area contributed by atoms with Crippen LogP contribution in [0.2, 0.25) is 0 Å². The molecule has 0 aliphatic heterocycles. The average molecular weight is 280 g/mol. The zero-order valence-corrected chi connectivity index (χ0v) is 11.9. The molecule has 106 valence electrons. The van der Waals surface area contributed by atoms with Crippen molar-refractivity contribution in [3.8, 4) is 0 Å². The number of hydrogen-bond donors (Lipinski definition) is 2. The van der Waals surface area contributed by atoms with Gasteiger partial charge in [-0.15, -0.1) is 5.10 Å². The fourth-order valence-corrected chi connectivity index (χ4v) is 2.03. The molecule has 0 saturated carbocycles. The highest BCUT2D eigenvalue weighted by Gasteiger charge is 2.05. The van der Waals surface area contributed by atoms with Crippen molar-refractivity contribution in [3.63, 3.8) is 0 Å². The van der Waals surface area contributed by atoms with Gasteiger partial charge in [-0.2, -0.15) is 10.1 Å². The molecule has 0 aliphatic carbocycles. The summed E-state index contributed by atoms with van der Waals surface area (Å²) < 4.78 is 0. The molecule has 0 saturated heterocycles. The van der Waals surface area contributed by atoms with Crippen molar-refractivity contribution in [1.82, 2.24) is 20.2 Å². The van der Waals surface area contributed by atoms with E-state index in [9.17, 15) is 0 Å². The van der Waals surface area contributed by atoms with E-state index in [-0.39, 0.29) is 6.04 Å². The van der Waals surface area contributed by atoms with Gasteiger partial charge in [0.05, 0.1) is 17.4 Å². The van der Waals surface area contributed by atoms with Crippen LogP contribution in [0.5, 0.6) is 0 Å². The Morgan fingerprint density at radius 1 is 1.10 bits per heavy atom. The fraction of sp³-hybridized carbons (Fsp3) is 0.200. The standard InChI is InChI=1S/C15H16N6/c1-10(2)18-15-20-13(9-17-21-15)19-12-7-3-5-11-6-4-8-16-14(11)12/h3-10H,1-2H3,(H2,18,19,20,21). The molecule has 0 fully saturated rings. The smallest absolute Gasteiger partial charge is 0.244 e. The minimum Gasteiger partial charge on any atom is -0.351 e. The summed E-state index contributed by atoms with van der Waals surface area (Å²) in [4.78, 5) is 8.80. The zero-order chi connectivity index (χ0) is 14.7. The van der Waals surface area contributed by atoms with E-state index in [4.69, 9.17) is 0 Å². The topological polar surface area (TPSA) is 75.6 Å². The highest BCUT2D eigenvalue weighted by atomic mass is 15.3. The molecule has 0 aliphatic rings. The van der Waals surface area contributed by atoms with Crippen LogP contribution in [0.3, 0.4) is 0 Å². The van der Waals surface area contributed by atoms with Crippen molar-refractivity contribution >= 4 is 28.4 Å². The van der Waals surface area contributed by atoms with Crippen LogP contribution in [-0.2, 0) is 0 Å². The highest BCUT2D eigenvalue weighted by Crippen LogP contribution is 2.23. The van der Waals surface area contributed by atoms with E-state index < -0.39 is 0 Å². The number of nitrogens with zero attached hydrogens (tertiary/aromatic N) is 4. The summed E-state index contributed by atoms with van der Waals surface area (Å²) in [6, 6.07) is 10.2. The minimum atomic E-state index is 0.251. The lowest BCUT2D eigenvalue weighted by atomic mass is 10.2. The lowest BCUT2D eigenvalue weighted by molar-refractivity contribution is 0.852. The molecule has 0 radical (unpaired) electrons. The summed E-state index contributed by atoms with van der Waals surface area (Å²) in [6.07, 6.45) is 3.37. The van der Waals surface area contributed by atoms with E-state index in [1.807, 2.05) is 44.2 Å². The number of pyridine rings is 1. The third-order valence-electron chi connectivity index (χ3n) is 2.87. The van der Waals surface area contributed by atoms with Gasteiger partial charge < -0.3 is 10.6 Å². The van der Waals surface area contributed by atoms with Crippen LogP contribution in [0.25, 0.3) is 10.9 Å². The molecule has 0 spiro atoms. The summed E-state index contributed by atoms with van der Waals surface area (Å²) in [5, 5.41) is 15.4. The SMILES string of the molecule is CC(C)Nc1nncc(Nc2cccc3cccnc23)n1. The van der Waals surface area contributed by atoms with E-state index in [1.165, 1.54) is 0 Å². The van der Waals surface area contributed by atoms with E-state index in [0.29, 0.717) is 11.8 Å². The summed E-state index contributed by atoms with van der Waals surface area (Å²) in [5.74, 6) is 1.13. The fourth-order valence-electron chi connectivity index (χ4n) is 2.03. The predicted octanol–water partition coefficient (Wildman–Crippen LogP) is 2.98. The first-order valence-corrected chi connectivity index (χ1v) is 6.79. The van der Waals surface area contributed by atoms with Gasteiger partial charge in [-0.3, -0.25) is 4.98 Å². The molecule has 2 aromatic heterocycles. The Balaban J connectivity index is 1.92. The maximum atomic E-state index is 4.41. The predicted molar refractivity (Wildman–Crippen MR) is 83.6 cm³/mol. The Morgan fingerprint density at radius 2 is 1.95 bits per heavy atom. The second kappa shape index (κ2) is 5.70. The molecule has 2 N–H and O–H groups in total. The molecule has 0 bridgehead atoms. The minimum absolute atomic E-state index is 0.251. The van der Waals surface area contributed by atoms with Crippen LogP contribution < -0.4 is 10.6 Å². The molecule has 3 rings (SSSR count). The van der Waals surface area contributed by atoms with Gasteiger partial charge in [0.2, 0.25) is 5.95 Å². The monoisotopic (exact) mass is 280 g/mol. The molecule has 1 aromatic carbocycles. The quantitative estimate of drug-likeness (QED) is 0.765. The van der Waals surface area contributed by atoms with Gasteiger partial charge in [0.1, 0.15) is 0 Å². The number of rotatable bonds is 4. The van der Waals surface area contributed by atoms with Crippen LogP contribution in [0.15, 0.2) is 42.7 Å². The van der Waals surface area contributed by atoms with E-state index in [2.05, 4.69) is 30.8 Å². The van der Waals surface area contributed by atoms with Crippen molar-refractivity contribution in [3.05, 3.63) is 42.7 Å². The van der Waals surface area contributed by atoms with E-state index in [0.717, 1.165) is 16.6 Å². The number of nitrogens with one attached hydrogen (secondary N) is 2. The van der Waals surface area contributed by atoms with Gasteiger partial charge in [0, 0.05) is 17.6 Å². The number of benzene rings is 1. The Kier molecular flexibility index (Phi) is 3.59. The van der Waals surface area contributed by atoms with Crippen molar-refractivity contribution in [2.75, 3.05) is 10.6 Å². The Labute approximate surface area is 122 Å². The third-order valence-corrected chi connectivity index (χ3v) is 2.87. The molecule has 6 heteroatoms. The first kappa shape index (κ1) is 13.2. The molecule has 0 unspecified atom stereocenters. The van der Waals surface area contributed by atoms with Crippen LogP contribution in [-0.4, -0.2) is 26.2 Å². The van der Waals surface area contributed by atoms with Crippen molar-refractivity contribution in [1.29, 1.82) is 0 Å². The van der Waals surface area contributed by atoms with E-state index >= 15 is 0 Å². The summed E-state index contributed by atoms with van der Waals surface area (Å²) in [7, 11) is 0. The van der Waals surface area contributed by atoms with Gasteiger partial charge in [-0.25, -0.2) is 0 Å². The van der Waals surface area contributed by atoms with Crippen molar-refractivity contribution in [2.45, 2.75) is 19.9 Å². The second-order valence-corrected chi connectivity index (χ2v) is 4.97. The molecule has 0 atom stereocenters. The van der Waals surface area contributed by atoms with Crippen LogP contribution in [0.1, 0.15) is 13.8 Å². The van der Waals surface area contributed by atoms with Gasteiger partial charge in [0.15, 0.2) is 5.82 Å². The third kappa shape index (κ3) is 3.05. The highest BCUT2D eigenvalue weighted by molar-refractivity contribution is 5.91. The molecule has 6 nitrogen and oxygen atoms in total. The Hall–Kier alpha value is -2.76. The molecular weight excluding hydrogens is 264 g/mol. The summed E-state index contributed by atoms with van der Waals surface area (Å²) in [6.45, 7) is 4.05. The first-order valence-electron chi connectivity index (χ1n) is 6.79.